The summed E-state index contributed by atoms with van der Waals surface area (Å²) in [6.45, 7) is 4.62. The maximum Gasteiger partial charge on any atom is 0.269 e. The highest BCUT2D eigenvalue weighted by Crippen LogP contribution is 2.27. The van der Waals surface area contributed by atoms with E-state index in [0.29, 0.717) is 17.4 Å². The van der Waals surface area contributed by atoms with Crippen LogP contribution in [0, 0.1) is 10.1 Å². The predicted molar refractivity (Wildman–Crippen MR) is 123 cm³/mol. The molecule has 0 aliphatic carbocycles. The number of amides is 1. The average molecular weight is 453 g/mol. The van der Waals surface area contributed by atoms with Crippen LogP contribution in [0.15, 0.2) is 59.8 Å². The van der Waals surface area contributed by atoms with Gasteiger partial charge < -0.3 is 5.32 Å². The number of likely N-dealkylation sites (tertiary alicyclic amines) is 1. The molecule has 32 heavy (non-hydrogen) atoms. The van der Waals surface area contributed by atoms with Crippen molar-refractivity contribution in [3.05, 3.63) is 70.5 Å². The first-order valence-corrected chi connectivity index (χ1v) is 11.3. The zero-order chi connectivity index (χ0) is 22.5. The highest BCUT2D eigenvalue weighted by atomic mass is 32.2. The molecule has 1 aliphatic heterocycles. The van der Waals surface area contributed by atoms with E-state index in [9.17, 15) is 14.9 Å². The first-order chi connectivity index (χ1) is 15.5. The quantitative estimate of drug-likeness (QED) is 0.314. The number of aromatic nitrogens is 3. The Labute approximate surface area is 190 Å². The van der Waals surface area contributed by atoms with E-state index in [1.807, 2.05) is 34.9 Å². The van der Waals surface area contributed by atoms with Gasteiger partial charge in [0.25, 0.3) is 5.69 Å². The smallest absolute Gasteiger partial charge is 0.269 e. The Kier molecular flexibility index (Phi) is 6.81. The summed E-state index contributed by atoms with van der Waals surface area (Å²) < 4.78 is 2.01. The minimum absolute atomic E-state index is 0.0214. The summed E-state index contributed by atoms with van der Waals surface area (Å²) >= 11 is 1.33. The summed E-state index contributed by atoms with van der Waals surface area (Å²) in [6, 6.07) is 15.7. The Morgan fingerprint density at radius 2 is 1.81 bits per heavy atom. The van der Waals surface area contributed by atoms with Crippen molar-refractivity contribution in [1.29, 1.82) is 0 Å². The minimum atomic E-state index is -0.472. The highest BCUT2D eigenvalue weighted by Gasteiger charge is 2.23. The van der Waals surface area contributed by atoms with Crippen LogP contribution in [0.2, 0.25) is 0 Å². The second-order valence-electron chi connectivity index (χ2n) is 7.61. The van der Waals surface area contributed by atoms with Gasteiger partial charge in [-0.15, -0.1) is 10.2 Å². The van der Waals surface area contributed by atoms with Crippen molar-refractivity contribution < 1.29 is 9.72 Å². The number of carbonyl (C=O) groups is 1. The van der Waals surface area contributed by atoms with Crippen LogP contribution in [0.25, 0.3) is 5.69 Å². The van der Waals surface area contributed by atoms with Gasteiger partial charge in [-0.2, -0.15) is 0 Å². The van der Waals surface area contributed by atoms with Crippen molar-refractivity contribution in [2.24, 2.45) is 0 Å². The van der Waals surface area contributed by atoms with Crippen LogP contribution >= 0.6 is 11.8 Å². The lowest BCUT2D eigenvalue weighted by atomic mass is 10.3. The van der Waals surface area contributed by atoms with E-state index < -0.39 is 10.2 Å². The van der Waals surface area contributed by atoms with Crippen molar-refractivity contribution in [3.8, 4) is 5.69 Å². The number of nitro groups is 1. The van der Waals surface area contributed by atoms with E-state index in [0.717, 1.165) is 24.6 Å². The summed E-state index contributed by atoms with van der Waals surface area (Å²) in [5, 5.41) is 22.6. The fourth-order valence-corrected chi connectivity index (χ4v) is 4.46. The predicted octanol–water partition coefficient (Wildman–Crippen LogP) is 3.89. The third-order valence-corrected chi connectivity index (χ3v) is 6.32. The summed E-state index contributed by atoms with van der Waals surface area (Å²) in [5.41, 5.74) is 1.44. The first kappa shape index (κ1) is 22.0. The van der Waals surface area contributed by atoms with Crippen LogP contribution in [0.3, 0.4) is 0 Å². The number of thioether (sulfide) groups is 1. The van der Waals surface area contributed by atoms with Gasteiger partial charge in [0.05, 0.1) is 16.7 Å². The number of hydrogen-bond acceptors (Lipinski definition) is 7. The van der Waals surface area contributed by atoms with E-state index >= 15 is 0 Å². The summed E-state index contributed by atoms with van der Waals surface area (Å²) in [5.74, 6) is 0.635. The first-order valence-electron chi connectivity index (χ1n) is 10.5. The molecule has 1 unspecified atom stereocenters. The number of nitrogens with one attached hydrogen (secondary N) is 1. The molecule has 0 saturated carbocycles. The zero-order valence-electron chi connectivity index (χ0n) is 17.7. The number of hydrogen-bond donors (Lipinski definition) is 1. The molecular formula is C22H24N6O3S. The van der Waals surface area contributed by atoms with Crippen molar-refractivity contribution in [2.45, 2.75) is 36.7 Å². The molecule has 166 valence electrons. The zero-order valence-corrected chi connectivity index (χ0v) is 18.5. The SMILES string of the molecule is CC(Sc1nnc(CN2CCCC2)n1-c1ccccc1)C(=O)Nc1ccc([N+](=O)[O-])cc1. The maximum atomic E-state index is 12.7. The Morgan fingerprint density at radius 1 is 1.12 bits per heavy atom. The minimum Gasteiger partial charge on any atom is -0.325 e. The fourth-order valence-electron chi connectivity index (χ4n) is 3.58. The number of rotatable bonds is 8. The van der Waals surface area contributed by atoms with Gasteiger partial charge in [-0.1, -0.05) is 30.0 Å². The van der Waals surface area contributed by atoms with E-state index in [1.54, 1.807) is 6.92 Å². The molecule has 1 atom stereocenters. The fraction of sp³-hybridized carbons (Fsp3) is 0.318. The van der Waals surface area contributed by atoms with Crippen molar-refractivity contribution in [1.82, 2.24) is 19.7 Å². The van der Waals surface area contributed by atoms with E-state index in [4.69, 9.17) is 0 Å². The molecule has 4 rings (SSSR count). The molecule has 3 aromatic rings. The maximum absolute atomic E-state index is 12.7. The largest absolute Gasteiger partial charge is 0.325 e. The van der Waals surface area contributed by atoms with Crippen LogP contribution in [0.4, 0.5) is 11.4 Å². The summed E-state index contributed by atoms with van der Waals surface area (Å²) in [7, 11) is 0. The van der Waals surface area contributed by atoms with Gasteiger partial charge in [-0.3, -0.25) is 24.4 Å². The van der Waals surface area contributed by atoms with Gasteiger partial charge >= 0.3 is 0 Å². The number of benzene rings is 2. The molecular weight excluding hydrogens is 428 g/mol. The van der Waals surface area contributed by atoms with Crippen LogP contribution < -0.4 is 5.32 Å². The summed E-state index contributed by atoms with van der Waals surface area (Å²) in [6.07, 6.45) is 2.39. The Bertz CT molecular complexity index is 1080. The molecule has 2 heterocycles. The topological polar surface area (TPSA) is 106 Å². The number of non-ortho nitro benzene ring substituents is 1. The molecule has 1 aliphatic rings. The van der Waals surface area contributed by atoms with Gasteiger partial charge in [0.2, 0.25) is 5.91 Å². The lowest BCUT2D eigenvalue weighted by molar-refractivity contribution is -0.384. The Morgan fingerprint density at radius 3 is 2.47 bits per heavy atom. The van der Waals surface area contributed by atoms with E-state index in [-0.39, 0.29) is 11.6 Å². The normalized spacial score (nSPS) is 14.9. The lowest BCUT2D eigenvalue weighted by Crippen LogP contribution is -2.23. The molecule has 0 radical (unpaired) electrons. The van der Waals surface area contributed by atoms with Gasteiger partial charge in [0.15, 0.2) is 11.0 Å². The third-order valence-electron chi connectivity index (χ3n) is 5.28. The third kappa shape index (κ3) is 5.14. The molecule has 0 bridgehead atoms. The van der Waals surface area contributed by atoms with Gasteiger partial charge in [-0.25, -0.2) is 0 Å². The monoisotopic (exact) mass is 452 g/mol. The summed E-state index contributed by atoms with van der Waals surface area (Å²) in [4.78, 5) is 25.4. The number of para-hydroxylation sites is 1. The average Bonchev–Trinajstić information content (AvgIpc) is 3.45. The van der Waals surface area contributed by atoms with Crippen LogP contribution in [0.5, 0.6) is 0 Å². The number of anilines is 1. The van der Waals surface area contributed by atoms with Crippen LogP contribution in [-0.4, -0.2) is 48.8 Å². The molecule has 9 nitrogen and oxygen atoms in total. The van der Waals surface area contributed by atoms with Gasteiger partial charge in [0.1, 0.15) is 0 Å². The van der Waals surface area contributed by atoms with E-state index in [1.165, 1.54) is 48.9 Å². The second kappa shape index (κ2) is 9.92. The standard InChI is InChI=1S/C22H24N6O3S/c1-16(21(29)23-17-9-11-19(12-10-17)28(30)31)32-22-25-24-20(15-26-13-5-6-14-26)27(22)18-7-3-2-4-8-18/h2-4,7-12,16H,5-6,13-15H2,1H3,(H,23,29). The molecule has 0 spiro atoms. The molecule has 1 aromatic heterocycles. The molecule has 10 heteroatoms. The molecule has 2 aromatic carbocycles. The molecule has 1 N–H and O–H groups in total. The van der Waals surface area contributed by atoms with Crippen molar-refractivity contribution in [2.75, 3.05) is 18.4 Å². The number of nitro benzene ring substituents is 1. The van der Waals surface area contributed by atoms with E-state index in [2.05, 4.69) is 20.4 Å². The lowest BCUT2D eigenvalue weighted by Gasteiger charge is -2.17. The molecule has 1 saturated heterocycles. The van der Waals surface area contributed by atoms with Gasteiger partial charge in [0, 0.05) is 23.5 Å². The van der Waals surface area contributed by atoms with Crippen molar-refractivity contribution in [3.63, 3.8) is 0 Å². The van der Waals surface area contributed by atoms with Gasteiger partial charge in [-0.05, 0) is 57.1 Å². The number of nitrogens with zero attached hydrogens (tertiary/aromatic N) is 5. The molecule has 1 fully saturated rings. The highest BCUT2D eigenvalue weighted by molar-refractivity contribution is 8.00. The van der Waals surface area contributed by atoms with Crippen LogP contribution in [0.1, 0.15) is 25.6 Å². The Balaban J connectivity index is 1.50. The Hall–Kier alpha value is -3.24. The van der Waals surface area contributed by atoms with Crippen molar-refractivity contribution >= 4 is 29.0 Å². The van der Waals surface area contributed by atoms with Crippen LogP contribution in [-0.2, 0) is 11.3 Å². The second-order valence-corrected chi connectivity index (χ2v) is 8.91. The molecule has 1 amide bonds. The number of carbonyl (C=O) groups excluding carboxylic acids is 1.